The molecule has 27 heavy (non-hydrogen) atoms. The minimum absolute atomic E-state index is 0.198. The van der Waals surface area contributed by atoms with Gasteiger partial charge in [0, 0.05) is 37.2 Å². The standard InChI is InChI=1S/C22H26N2O3/c1-26-21-12-19(27-15-16-5-3-2-4-6-16)8-7-18(21)13-24-10-9-17-11-22(25)23-20(17)14-24/h2-8,12,17,20H,9-11,13-15H2,1H3,(H,23,25)/t17-,20-/m1/s1. The van der Waals surface area contributed by atoms with Gasteiger partial charge in [-0.05, 0) is 30.5 Å². The maximum Gasteiger partial charge on any atom is 0.220 e. The second kappa shape index (κ2) is 8.01. The van der Waals surface area contributed by atoms with Crippen molar-refractivity contribution >= 4 is 5.91 Å². The molecule has 4 rings (SSSR count). The average Bonchev–Trinajstić information content (AvgIpc) is 3.07. The number of fused-ring (bicyclic) bond motifs is 1. The molecule has 142 valence electrons. The highest BCUT2D eigenvalue weighted by Crippen LogP contribution is 2.30. The molecule has 2 aliphatic rings. The summed E-state index contributed by atoms with van der Waals surface area (Å²) in [6.45, 7) is 3.29. The van der Waals surface area contributed by atoms with E-state index in [2.05, 4.69) is 28.4 Å². The summed E-state index contributed by atoms with van der Waals surface area (Å²) in [6.07, 6.45) is 1.76. The molecule has 0 aromatic heterocycles. The van der Waals surface area contributed by atoms with Gasteiger partial charge in [-0.3, -0.25) is 9.69 Å². The number of hydrogen-bond donors (Lipinski definition) is 1. The number of benzene rings is 2. The molecule has 2 saturated heterocycles. The van der Waals surface area contributed by atoms with E-state index in [0.29, 0.717) is 25.0 Å². The molecule has 0 spiro atoms. The van der Waals surface area contributed by atoms with Gasteiger partial charge in [-0.2, -0.15) is 0 Å². The van der Waals surface area contributed by atoms with Crippen LogP contribution < -0.4 is 14.8 Å². The fourth-order valence-corrected chi connectivity index (χ4v) is 4.05. The lowest BCUT2D eigenvalue weighted by Gasteiger charge is -2.34. The molecule has 1 N–H and O–H groups in total. The summed E-state index contributed by atoms with van der Waals surface area (Å²) in [7, 11) is 1.70. The lowest BCUT2D eigenvalue weighted by Crippen LogP contribution is -2.46. The molecule has 2 heterocycles. The molecule has 0 bridgehead atoms. The zero-order valence-corrected chi connectivity index (χ0v) is 15.7. The highest BCUT2D eigenvalue weighted by atomic mass is 16.5. The number of nitrogens with zero attached hydrogens (tertiary/aromatic N) is 1. The smallest absolute Gasteiger partial charge is 0.220 e. The predicted octanol–water partition coefficient (Wildman–Crippen LogP) is 2.98. The van der Waals surface area contributed by atoms with E-state index in [1.165, 1.54) is 0 Å². The zero-order chi connectivity index (χ0) is 18.6. The lowest BCUT2D eigenvalue weighted by molar-refractivity contribution is -0.119. The Morgan fingerprint density at radius 2 is 2.04 bits per heavy atom. The van der Waals surface area contributed by atoms with E-state index >= 15 is 0 Å². The SMILES string of the molecule is COc1cc(OCc2ccccc2)ccc1CN1CC[C@@H]2CC(=O)N[C@@H]2C1. The molecule has 0 aliphatic carbocycles. The number of methoxy groups -OCH3 is 1. The molecule has 0 radical (unpaired) electrons. The summed E-state index contributed by atoms with van der Waals surface area (Å²) in [4.78, 5) is 14.0. The van der Waals surface area contributed by atoms with Crippen LogP contribution in [-0.4, -0.2) is 37.0 Å². The first kappa shape index (κ1) is 17.9. The summed E-state index contributed by atoms with van der Waals surface area (Å²) < 4.78 is 11.5. The van der Waals surface area contributed by atoms with Crippen LogP contribution in [0, 0.1) is 5.92 Å². The maximum absolute atomic E-state index is 11.6. The monoisotopic (exact) mass is 366 g/mol. The highest BCUT2D eigenvalue weighted by molar-refractivity contribution is 5.79. The van der Waals surface area contributed by atoms with Gasteiger partial charge in [0.25, 0.3) is 0 Å². The molecule has 2 aliphatic heterocycles. The van der Waals surface area contributed by atoms with E-state index < -0.39 is 0 Å². The Labute approximate surface area is 160 Å². The molecule has 5 nitrogen and oxygen atoms in total. The first-order chi connectivity index (χ1) is 13.2. The number of carbonyl (C=O) groups excluding carboxylic acids is 1. The third-order valence-electron chi connectivity index (χ3n) is 5.53. The van der Waals surface area contributed by atoms with E-state index in [9.17, 15) is 4.79 Å². The van der Waals surface area contributed by atoms with E-state index in [-0.39, 0.29) is 5.91 Å². The van der Waals surface area contributed by atoms with Crippen LogP contribution in [0.5, 0.6) is 11.5 Å². The van der Waals surface area contributed by atoms with Crippen molar-refractivity contribution < 1.29 is 14.3 Å². The van der Waals surface area contributed by atoms with E-state index in [4.69, 9.17) is 9.47 Å². The van der Waals surface area contributed by atoms with E-state index in [0.717, 1.165) is 48.7 Å². The number of rotatable bonds is 6. The second-order valence-electron chi connectivity index (χ2n) is 7.41. The van der Waals surface area contributed by atoms with Crippen LogP contribution in [0.1, 0.15) is 24.0 Å². The summed E-state index contributed by atoms with van der Waals surface area (Å²) in [6, 6.07) is 16.5. The Morgan fingerprint density at radius 3 is 2.85 bits per heavy atom. The van der Waals surface area contributed by atoms with Crippen LogP contribution in [0.4, 0.5) is 0 Å². The minimum Gasteiger partial charge on any atom is -0.496 e. The molecule has 0 unspecified atom stereocenters. The lowest BCUT2D eigenvalue weighted by atomic mass is 9.92. The van der Waals surface area contributed by atoms with E-state index in [1.807, 2.05) is 30.3 Å². The molecular formula is C22H26N2O3. The topological polar surface area (TPSA) is 50.8 Å². The zero-order valence-electron chi connectivity index (χ0n) is 15.7. The fourth-order valence-electron chi connectivity index (χ4n) is 4.05. The number of likely N-dealkylation sites (tertiary alicyclic amines) is 1. The van der Waals surface area contributed by atoms with E-state index in [1.54, 1.807) is 7.11 Å². The Bertz CT molecular complexity index is 793. The van der Waals surface area contributed by atoms with Crippen molar-refractivity contribution in [3.05, 3.63) is 59.7 Å². The number of ether oxygens (including phenoxy) is 2. The molecule has 5 heteroatoms. The second-order valence-corrected chi connectivity index (χ2v) is 7.41. The van der Waals surface area contributed by atoms with Gasteiger partial charge in [0.15, 0.2) is 0 Å². The maximum atomic E-state index is 11.6. The average molecular weight is 366 g/mol. The summed E-state index contributed by atoms with van der Waals surface area (Å²) in [5, 5.41) is 3.11. The largest absolute Gasteiger partial charge is 0.496 e. The quantitative estimate of drug-likeness (QED) is 0.854. The third-order valence-corrected chi connectivity index (χ3v) is 5.53. The molecule has 2 fully saturated rings. The van der Waals surface area contributed by atoms with Gasteiger partial charge in [-0.15, -0.1) is 0 Å². The Morgan fingerprint density at radius 1 is 1.19 bits per heavy atom. The van der Waals surface area contributed by atoms with Gasteiger partial charge in [-0.25, -0.2) is 0 Å². The van der Waals surface area contributed by atoms with Crippen LogP contribution in [0.2, 0.25) is 0 Å². The van der Waals surface area contributed by atoms with Crippen molar-refractivity contribution in [1.29, 1.82) is 0 Å². The van der Waals surface area contributed by atoms with Crippen molar-refractivity contribution in [3.63, 3.8) is 0 Å². The molecule has 1 amide bonds. The normalized spacial score (nSPS) is 22.2. The van der Waals surface area contributed by atoms with Crippen LogP contribution in [0.15, 0.2) is 48.5 Å². The number of hydrogen-bond acceptors (Lipinski definition) is 4. The number of amides is 1. The van der Waals surface area contributed by atoms with Gasteiger partial charge >= 0.3 is 0 Å². The van der Waals surface area contributed by atoms with Crippen molar-refractivity contribution in [1.82, 2.24) is 10.2 Å². The van der Waals surface area contributed by atoms with Crippen LogP contribution >= 0.6 is 0 Å². The molecular weight excluding hydrogens is 340 g/mol. The molecule has 2 atom stereocenters. The summed E-state index contributed by atoms with van der Waals surface area (Å²) >= 11 is 0. The fraction of sp³-hybridized carbons (Fsp3) is 0.409. The van der Waals surface area contributed by atoms with Crippen molar-refractivity contribution in [3.8, 4) is 11.5 Å². The molecule has 0 saturated carbocycles. The van der Waals surface area contributed by atoms with Crippen molar-refractivity contribution in [2.24, 2.45) is 5.92 Å². The van der Waals surface area contributed by atoms with Crippen molar-refractivity contribution in [2.75, 3.05) is 20.2 Å². The first-order valence-electron chi connectivity index (χ1n) is 9.56. The van der Waals surface area contributed by atoms with Gasteiger partial charge in [-0.1, -0.05) is 36.4 Å². The number of nitrogens with one attached hydrogen (secondary N) is 1. The number of piperidine rings is 1. The van der Waals surface area contributed by atoms with Crippen LogP contribution in [0.3, 0.4) is 0 Å². The van der Waals surface area contributed by atoms with Crippen LogP contribution in [-0.2, 0) is 17.9 Å². The van der Waals surface area contributed by atoms with Crippen molar-refractivity contribution in [2.45, 2.75) is 32.0 Å². The van der Waals surface area contributed by atoms with Crippen LogP contribution in [0.25, 0.3) is 0 Å². The van der Waals surface area contributed by atoms with Gasteiger partial charge in [0.05, 0.1) is 7.11 Å². The molecule has 2 aromatic rings. The Hall–Kier alpha value is -2.53. The third kappa shape index (κ3) is 4.25. The predicted molar refractivity (Wildman–Crippen MR) is 104 cm³/mol. The first-order valence-corrected chi connectivity index (χ1v) is 9.56. The molecule has 2 aromatic carbocycles. The summed E-state index contributed by atoms with van der Waals surface area (Å²) in [5.41, 5.74) is 2.29. The highest BCUT2D eigenvalue weighted by Gasteiger charge is 2.36. The Balaban J connectivity index is 1.39. The summed E-state index contributed by atoms with van der Waals surface area (Å²) in [5.74, 6) is 2.35. The minimum atomic E-state index is 0.198. The van der Waals surface area contributed by atoms with Gasteiger partial charge in [0.2, 0.25) is 5.91 Å². The van der Waals surface area contributed by atoms with Gasteiger partial charge < -0.3 is 14.8 Å². The van der Waals surface area contributed by atoms with Gasteiger partial charge in [0.1, 0.15) is 18.1 Å². The Kier molecular flexibility index (Phi) is 5.30. The number of carbonyl (C=O) groups is 1.